The minimum Gasteiger partial charge on any atom is -0.487 e. The summed E-state index contributed by atoms with van der Waals surface area (Å²) in [4.78, 5) is 0. The Morgan fingerprint density at radius 2 is 2.00 bits per heavy atom. The Bertz CT molecular complexity index is 578. The average molecular weight is 339 g/mol. The smallest absolute Gasteiger partial charge is 0.131 e. The van der Waals surface area contributed by atoms with Crippen molar-refractivity contribution in [2.45, 2.75) is 33.0 Å². The number of aliphatic hydroxyl groups excluding tert-OH is 1. The van der Waals surface area contributed by atoms with Crippen molar-refractivity contribution in [1.29, 1.82) is 0 Å². The Balaban J connectivity index is 2.04. The van der Waals surface area contributed by atoms with Gasteiger partial charge < -0.3 is 9.84 Å². The predicted octanol–water partition coefficient (Wildman–Crippen LogP) is 3.51. The largest absolute Gasteiger partial charge is 0.487 e. The standard InChI is InChI=1S/C15H19BrN2O2/c1-4-14(19)11-5-7-12(8-6-11)20-9-13-15(16)10(2)17-18(13)3/h5-8,14,19H,4,9H2,1-3H3/t14-/m0/s1. The molecule has 0 fully saturated rings. The number of hydrogen-bond donors (Lipinski definition) is 1. The molecule has 0 aliphatic rings. The van der Waals surface area contributed by atoms with Gasteiger partial charge in [0.2, 0.25) is 0 Å². The van der Waals surface area contributed by atoms with Crippen molar-refractivity contribution in [3.63, 3.8) is 0 Å². The maximum absolute atomic E-state index is 9.74. The van der Waals surface area contributed by atoms with Gasteiger partial charge in [-0.1, -0.05) is 19.1 Å². The first-order valence-corrected chi connectivity index (χ1v) is 7.41. The van der Waals surface area contributed by atoms with Crippen molar-refractivity contribution in [2.75, 3.05) is 0 Å². The van der Waals surface area contributed by atoms with E-state index in [2.05, 4.69) is 21.0 Å². The molecule has 1 aromatic heterocycles. The molecule has 20 heavy (non-hydrogen) atoms. The number of halogens is 1. The highest BCUT2D eigenvalue weighted by Crippen LogP contribution is 2.23. The molecule has 0 saturated carbocycles. The van der Waals surface area contributed by atoms with Gasteiger partial charge in [0.25, 0.3) is 0 Å². The number of benzene rings is 1. The summed E-state index contributed by atoms with van der Waals surface area (Å²) in [6.45, 7) is 4.36. The lowest BCUT2D eigenvalue weighted by atomic mass is 10.1. The number of aromatic nitrogens is 2. The fourth-order valence-corrected chi connectivity index (χ4v) is 2.46. The van der Waals surface area contributed by atoms with Crippen LogP contribution in [0.4, 0.5) is 0 Å². The molecular formula is C15H19BrN2O2. The third-order valence-corrected chi connectivity index (χ3v) is 4.32. The number of nitrogens with zero attached hydrogens (tertiary/aromatic N) is 2. The van der Waals surface area contributed by atoms with Gasteiger partial charge in [-0.05, 0) is 47.0 Å². The molecule has 0 aliphatic heterocycles. The van der Waals surface area contributed by atoms with E-state index in [-0.39, 0.29) is 0 Å². The van der Waals surface area contributed by atoms with Crippen LogP contribution in [0.1, 0.15) is 36.4 Å². The van der Waals surface area contributed by atoms with Crippen molar-refractivity contribution in [3.8, 4) is 5.75 Å². The zero-order valence-electron chi connectivity index (χ0n) is 11.9. The first-order chi connectivity index (χ1) is 9.52. The monoisotopic (exact) mass is 338 g/mol. The molecule has 1 aromatic carbocycles. The van der Waals surface area contributed by atoms with E-state index < -0.39 is 6.10 Å². The van der Waals surface area contributed by atoms with Gasteiger partial charge in [-0.25, -0.2) is 0 Å². The van der Waals surface area contributed by atoms with Gasteiger partial charge in [0.1, 0.15) is 12.4 Å². The fourth-order valence-electron chi connectivity index (χ4n) is 2.01. The normalized spacial score (nSPS) is 12.4. The van der Waals surface area contributed by atoms with Crippen LogP contribution in [0.2, 0.25) is 0 Å². The summed E-state index contributed by atoms with van der Waals surface area (Å²) in [5.41, 5.74) is 2.87. The molecule has 0 saturated heterocycles. The van der Waals surface area contributed by atoms with Gasteiger partial charge in [0, 0.05) is 7.05 Å². The molecule has 0 unspecified atom stereocenters. The van der Waals surface area contributed by atoms with Crippen molar-refractivity contribution in [2.24, 2.45) is 7.05 Å². The Morgan fingerprint density at radius 3 is 2.50 bits per heavy atom. The van der Waals surface area contributed by atoms with Gasteiger partial charge in [-0.2, -0.15) is 5.10 Å². The highest BCUT2D eigenvalue weighted by molar-refractivity contribution is 9.10. The molecule has 0 spiro atoms. The molecule has 0 amide bonds. The summed E-state index contributed by atoms with van der Waals surface area (Å²) in [6, 6.07) is 7.55. The number of aliphatic hydroxyl groups is 1. The molecule has 0 radical (unpaired) electrons. The van der Waals surface area contributed by atoms with E-state index in [0.717, 1.165) is 27.2 Å². The minimum atomic E-state index is -0.405. The number of ether oxygens (including phenoxy) is 1. The first kappa shape index (κ1) is 15.1. The molecule has 4 nitrogen and oxygen atoms in total. The molecule has 2 rings (SSSR count). The van der Waals surface area contributed by atoms with Crippen molar-refractivity contribution < 1.29 is 9.84 Å². The quantitative estimate of drug-likeness (QED) is 0.907. The fraction of sp³-hybridized carbons (Fsp3) is 0.400. The lowest BCUT2D eigenvalue weighted by Gasteiger charge is -2.10. The van der Waals surface area contributed by atoms with Crippen LogP contribution in [-0.2, 0) is 13.7 Å². The Labute approximate surface area is 127 Å². The van der Waals surface area contributed by atoms with E-state index in [1.807, 2.05) is 49.8 Å². The van der Waals surface area contributed by atoms with E-state index >= 15 is 0 Å². The molecular weight excluding hydrogens is 320 g/mol. The van der Waals surface area contributed by atoms with E-state index in [0.29, 0.717) is 13.0 Å². The van der Waals surface area contributed by atoms with Crippen LogP contribution in [0.3, 0.4) is 0 Å². The lowest BCUT2D eigenvalue weighted by Crippen LogP contribution is -2.04. The van der Waals surface area contributed by atoms with Gasteiger partial charge in [-0.3, -0.25) is 4.68 Å². The van der Waals surface area contributed by atoms with E-state index in [1.165, 1.54) is 0 Å². The average Bonchev–Trinajstić information content (AvgIpc) is 2.70. The van der Waals surface area contributed by atoms with Gasteiger partial charge in [0.05, 0.1) is 22.0 Å². The predicted molar refractivity (Wildman–Crippen MR) is 81.7 cm³/mol. The highest BCUT2D eigenvalue weighted by atomic mass is 79.9. The second kappa shape index (κ2) is 6.41. The second-order valence-electron chi connectivity index (χ2n) is 4.75. The summed E-state index contributed by atoms with van der Waals surface area (Å²) in [6.07, 6.45) is 0.305. The van der Waals surface area contributed by atoms with Crippen LogP contribution in [0.5, 0.6) is 5.75 Å². The van der Waals surface area contributed by atoms with Gasteiger partial charge >= 0.3 is 0 Å². The highest BCUT2D eigenvalue weighted by Gasteiger charge is 2.11. The zero-order valence-corrected chi connectivity index (χ0v) is 13.5. The summed E-state index contributed by atoms with van der Waals surface area (Å²) < 4.78 is 8.56. The van der Waals surface area contributed by atoms with Gasteiger partial charge in [-0.15, -0.1) is 0 Å². The lowest BCUT2D eigenvalue weighted by molar-refractivity contribution is 0.173. The second-order valence-corrected chi connectivity index (χ2v) is 5.54. The van der Waals surface area contributed by atoms with Gasteiger partial charge in [0.15, 0.2) is 0 Å². The number of hydrogen-bond acceptors (Lipinski definition) is 3. The van der Waals surface area contributed by atoms with Crippen molar-refractivity contribution in [1.82, 2.24) is 9.78 Å². The van der Waals surface area contributed by atoms with Crippen LogP contribution < -0.4 is 4.74 Å². The van der Waals surface area contributed by atoms with Crippen LogP contribution >= 0.6 is 15.9 Å². The Morgan fingerprint density at radius 1 is 1.35 bits per heavy atom. The van der Waals surface area contributed by atoms with Crippen molar-refractivity contribution >= 4 is 15.9 Å². The van der Waals surface area contributed by atoms with Crippen LogP contribution in [0.15, 0.2) is 28.7 Å². The molecule has 0 aliphatic carbocycles. The van der Waals surface area contributed by atoms with Crippen molar-refractivity contribution in [3.05, 3.63) is 45.7 Å². The molecule has 108 valence electrons. The van der Waals surface area contributed by atoms with Crippen LogP contribution in [0, 0.1) is 6.92 Å². The summed E-state index contributed by atoms with van der Waals surface area (Å²) in [5.74, 6) is 0.780. The maximum Gasteiger partial charge on any atom is 0.131 e. The SMILES string of the molecule is CC[C@H](O)c1ccc(OCc2c(Br)c(C)nn2C)cc1. The van der Waals surface area contributed by atoms with Crippen LogP contribution in [-0.4, -0.2) is 14.9 Å². The molecule has 1 atom stereocenters. The maximum atomic E-state index is 9.74. The van der Waals surface area contributed by atoms with E-state index in [9.17, 15) is 5.11 Å². The molecule has 0 bridgehead atoms. The molecule has 1 N–H and O–H groups in total. The van der Waals surface area contributed by atoms with Crippen LogP contribution in [0.25, 0.3) is 0 Å². The summed E-state index contributed by atoms with van der Waals surface area (Å²) >= 11 is 3.52. The van der Waals surface area contributed by atoms with E-state index in [4.69, 9.17) is 4.74 Å². The number of rotatable bonds is 5. The molecule has 1 heterocycles. The minimum absolute atomic E-state index is 0.405. The van der Waals surface area contributed by atoms with E-state index in [1.54, 1.807) is 0 Å². The third-order valence-electron chi connectivity index (χ3n) is 3.29. The zero-order chi connectivity index (χ0) is 14.7. The third kappa shape index (κ3) is 3.22. The first-order valence-electron chi connectivity index (χ1n) is 6.61. The summed E-state index contributed by atoms with van der Waals surface area (Å²) in [5, 5.41) is 14.1. The topological polar surface area (TPSA) is 47.3 Å². The summed E-state index contributed by atoms with van der Waals surface area (Å²) in [7, 11) is 1.90. The number of aryl methyl sites for hydroxylation is 2. The Hall–Kier alpha value is -1.33. The molecule has 5 heteroatoms. The molecule has 2 aromatic rings. The Kier molecular flexibility index (Phi) is 4.83.